The second-order valence-electron chi connectivity index (χ2n) is 6.99. The molecular weight excluding hydrogens is 418 g/mol. The predicted molar refractivity (Wildman–Crippen MR) is 132 cm³/mol. The third kappa shape index (κ3) is 6.17. The van der Waals surface area contributed by atoms with Crippen molar-refractivity contribution in [1.82, 2.24) is 0 Å². The van der Waals surface area contributed by atoms with E-state index in [1.165, 1.54) is 6.08 Å². The summed E-state index contributed by atoms with van der Waals surface area (Å²) in [5.41, 5.74) is 3.32. The molecule has 0 aliphatic heterocycles. The molecule has 33 heavy (non-hydrogen) atoms. The lowest BCUT2D eigenvalue weighted by atomic mass is 10.1. The average Bonchev–Trinajstić information content (AvgIpc) is 2.86. The van der Waals surface area contributed by atoms with Crippen molar-refractivity contribution in [2.24, 2.45) is 0 Å². The molecule has 0 amide bonds. The maximum Gasteiger partial charge on any atom is 0.203 e. The fraction of sp³-hybridized carbons (Fsp3) is 0.148. The fourth-order valence-corrected chi connectivity index (χ4v) is 3.21. The van der Waals surface area contributed by atoms with Crippen LogP contribution in [-0.2, 0) is 0 Å². The lowest BCUT2D eigenvalue weighted by Crippen LogP contribution is -1.97. The minimum absolute atomic E-state index is 0.111. The zero-order chi connectivity index (χ0) is 23.6. The number of rotatable bonds is 10. The molecular formula is C27H27NO5. The van der Waals surface area contributed by atoms with Crippen LogP contribution in [0, 0.1) is 0 Å². The van der Waals surface area contributed by atoms with E-state index in [1.54, 1.807) is 58.9 Å². The number of anilines is 1. The largest absolute Gasteiger partial charge is 0.497 e. The summed E-state index contributed by atoms with van der Waals surface area (Å²) in [6.07, 6.45) is 7.07. The van der Waals surface area contributed by atoms with Gasteiger partial charge in [-0.05, 0) is 47.5 Å². The second kappa shape index (κ2) is 11.4. The van der Waals surface area contributed by atoms with E-state index in [1.807, 2.05) is 48.6 Å². The number of hydrogen-bond acceptors (Lipinski definition) is 6. The molecule has 3 aromatic rings. The van der Waals surface area contributed by atoms with Crippen molar-refractivity contribution < 1.29 is 23.7 Å². The van der Waals surface area contributed by atoms with Crippen molar-refractivity contribution in [3.63, 3.8) is 0 Å². The molecule has 6 nitrogen and oxygen atoms in total. The van der Waals surface area contributed by atoms with Crippen LogP contribution in [0.25, 0.3) is 12.2 Å². The summed E-state index contributed by atoms with van der Waals surface area (Å²) < 4.78 is 21.3. The van der Waals surface area contributed by atoms with Gasteiger partial charge in [0.25, 0.3) is 0 Å². The Hall–Kier alpha value is -4.19. The Balaban J connectivity index is 1.70. The van der Waals surface area contributed by atoms with Crippen molar-refractivity contribution in [2.75, 3.05) is 33.8 Å². The Morgan fingerprint density at radius 3 is 2.12 bits per heavy atom. The maximum absolute atomic E-state index is 12.4. The third-order valence-corrected chi connectivity index (χ3v) is 4.88. The number of benzene rings is 3. The number of nitrogens with one attached hydrogen (secondary N) is 1. The van der Waals surface area contributed by atoms with Crippen molar-refractivity contribution in [2.45, 2.75) is 0 Å². The topological polar surface area (TPSA) is 66.0 Å². The number of carbonyl (C=O) groups excluding carboxylic acids is 1. The summed E-state index contributed by atoms with van der Waals surface area (Å²) in [6, 6.07) is 18.7. The van der Waals surface area contributed by atoms with Gasteiger partial charge >= 0.3 is 0 Å². The van der Waals surface area contributed by atoms with E-state index in [-0.39, 0.29) is 5.78 Å². The third-order valence-electron chi connectivity index (χ3n) is 4.88. The van der Waals surface area contributed by atoms with Crippen LogP contribution in [0.2, 0.25) is 0 Å². The molecule has 0 bridgehead atoms. The first-order valence-corrected chi connectivity index (χ1v) is 10.3. The molecule has 1 N–H and O–H groups in total. The van der Waals surface area contributed by atoms with Crippen LogP contribution >= 0.6 is 0 Å². The van der Waals surface area contributed by atoms with E-state index in [4.69, 9.17) is 18.9 Å². The van der Waals surface area contributed by atoms with Crippen LogP contribution in [0.4, 0.5) is 5.69 Å². The molecule has 3 rings (SSSR count). The van der Waals surface area contributed by atoms with E-state index >= 15 is 0 Å². The van der Waals surface area contributed by atoms with Gasteiger partial charge in [-0.3, -0.25) is 4.79 Å². The summed E-state index contributed by atoms with van der Waals surface area (Å²) in [6.45, 7) is 0. The van der Waals surface area contributed by atoms with Crippen LogP contribution in [0.15, 0.2) is 72.9 Å². The van der Waals surface area contributed by atoms with Gasteiger partial charge in [0.2, 0.25) is 5.75 Å². The number of methoxy groups -OCH3 is 4. The molecule has 6 heteroatoms. The van der Waals surface area contributed by atoms with E-state index in [2.05, 4.69) is 5.32 Å². The van der Waals surface area contributed by atoms with Gasteiger partial charge < -0.3 is 24.3 Å². The zero-order valence-corrected chi connectivity index (χ0v) is 19.1. The Morgan fingerprint density at radius 1 is 0.758 bits per heavy atom. The van der Waals surface area contributed by atoms with Gasteiger partial charge in [0.1, 0.15) is 5.75 Å². The van der Waals surface area contributed by atoms with Gasteiger partial charge in [0.15, 0.2) is 17.3 Å². The smallest absolute Gasteiger partial charge is 0.203 e. The predicted octanol–water partition coefficient (Wildman–Crippen LogP) is 5.70. The zero-order valence-electron chi connectivity index (χ0n) is 19.1. The monoisotopic (exact) mass is 445 g/mol. The quantitative estimate of drug-likeness (QED) is 0.245. The van der Waals surface area contributed by atoms with E-state index in [0.717, 1.165) is 16.8 Å². The highest BCUT2D eigenvalue weighted by molar-refractivity contribution is 6.04. The molecule has 0 fully saturated rings. The molecule has 0 aliphatic carbocycles. The molecule has 0 radical (unpaired) electrons. The Kier molecular flexibility index (Phi) is 8.13. The van der Waals surface area contributed by atoms with Gasteiger partial charge in [0, 0.05) is 23.5 Å². The highest BCUT2D eigenvalue weighted by Gasteiger charge is 2.12. The van der Waals surface area contributed by atoms with E-state index in [0.29, 0.717) is 28.6 Å². The first-order valence-electron chi connectivity index (χ1n) is 10.3. The first-order chi connectivity index (χ1) is 16.1. The van der Waals surface area contributed by atoms with Gasteiger partial charge in [-0.25, -0.2) is 0 Å². The van der Waals surface area contributed by atoms with Crippen LogP contribution in [0.1, 0.15) is 21.5 Å². The highest BCUT2D eigenvalue weighted by Crippen LogP contribution is 2.38. The SMILES string of the molecule is COc1cccc(C(=O)C=CNc2cccc(C=Cc3cc(OC)c(OC)c(OC)c3)c2)c1. The number of ether oxygens (including phenoxy) is 4. The Morgan fingerprint density at radius 2 is 1.45 bits per heavy atom. The summed E-state index contributed by atoms with van der Waals surface area (Å²) >= 11 is 0. The molecule has 0 saturated carbocycles. The fourth-order valence-electron chi connectivity index (χ4n) is 3.21. The Labute approximate surface area is 194 Å². The minimum Gasteiger partial charge on any atom is -0.497 e. The van der Waals surface area contributed by atoms with Gasteiger partial charge in [-0.1, -0.05) is 36.4 Å². The lowest BCUT2D eigenvalue weighted by Gasteiger charge is -2.12. The van der Waals surface area contributed by atoms with Gasteiger partial charge in [0.05, 0.1) is 28.4 Å². The first kappa shape index (κ1) is 23.5. The summed E-state index contributed by atoms with van der Waals surface area (Å²) in [5, 5.41) is 3.14. The van der Waals surface area contributed by atoms with Crippen molar-refractivity contribution in [3.8, 4) is 23.0 Å². The number of allylic oxidation sites excluding steroid dienone is 1. The standard InChI is InChI=1S/C27H27NO5/c1-30-23-10-6-8-21(18-23)24(29)13-14-28-22-9-5-7-19(15-22)11-12-20-16-25(31-2)27(33-4)26(17-20)32-3/h5-18,28H,1-4H3. The van der Waals surface area contributed by atoms with Crippen molar-refractivity contribution >= 4 is 23.6 Å². The van der Waals surface area contributed by atoms with Crippen LogP contribution in [0.5, 0.6) is 23.0 Å². The minimum atomic E-state index is -0.111. The molecule has 0 aromatic heterocycles. The molecule has 3 aromatic carbocycles. The lowest BCUT2D eigenvalue weighted by molar-refractivity contribution is 0.104. The summed E-state index contributed by atoms with van der Waals surface area (Å²) in [7, 11) is 6.33. The number of hydrogen-bond donors (Lipinski definition) is 1. The summed E-state index contributed by atoms with van der Waals surface area (Å²) in [4.78, 5) is 12.4. The number of ketones is 1. The average molecular weight is 446 g/mol. The van der Waals surface area contributed by atoms with Crippen LogP contribution < -0.4 is 24.3 Å². The maximum atomic E-state index is 12.4. The summed E-state index contributed by atoms with van der Waals surface area (Å²) in [5.74, 6) is 2.28. The number of carbonyl (C=O) groups is 1. The van der Waals surface area contributed by atoms with Crippen molar-refractivity contribution in [1.29, 1.82) is 0 Å². The molecule has 0 heterocycles. The molecule has 0 spiro atoms. The highest BCUT2D eigenvalue weighted by atomic mass is 16.5. The van der Waals surface area contributed by atoms with E-state index in [9.17, 15) is 4.79 Å². The molecule has 0 unspecified atom stereocenters. The van der Waals surface area contributed by atoms with E-state index < -0.39 is 0 Å². The molecule has 0 atom stereocenters. The normalized spacial score (nSPS) is 10.9. The van der Waals surface area contributed by atoms with Gasteiger partial charge in [-0.15, -0.1) is 0 Å². The molecule has 170 valence electrons. The molecule has 0 aliphatic rings. The van der Waals surface area contributed by atoms with Gasteiger partial charge in [-0.2, -0.15) is 0 Å². The van der Waals surface area contributed by atoms with Crippen LogP contribution in [0.3, 0.4) is 0 Å². The Bertz CT molecular complexity index is 1140. The second-order valence-corrected chi connectivity index (χ2v) is 6.99. The van der Waals surface area contributed by atoms with Crippen LogP contribution in [-0.4, -0.2) is 34.2 Å². The van der Waals surface area contributed by atoms with Crippen molar-refractivity contribution in [3.05, 3.63) is 89.6 Å². The molecule has 0 saturated heterocycles.